The fourth-order valence-electron chi connectivity index (χ4n) is 1.91. The number of nitrogens with one attached hydrogen (secondary N) is 2. The zero-order valence-corrected chi connectivity index (χ0v) is 12.9. The molecule has 2 aromatic rings. The highest BCUT2D eigenvalue weighted by Gasteiger charge is 2.24. The van der Waals surface area contributed by atoms with E-state index in [4.69, 9.17) is 0 Å². The maximum atomic E-state index is 11.9. The number of aliphatic hydroxyl groups is 1. The quantitative estimate of drug-likeness (QED) is 0.794. The second kappa shape index (κ2) is 6.69. The Morgan fingerprint density at radius 3 is 2.76 bits per heavy atom. The average Bonchev–Trinajstić information content (AvgIpc) is 3.01. The molecule has 0 aliphatic heterocycles. The summed E-state index contributed by atoms with van der Waals surface area (Å²) < 4.78 is 0. The third-order valence-corrected chi connectivity index (χ3v) is 3.97. The molecule has 0 fully saturated rings. The molecule has 0 saturated carbocycles. The zero-order chi connectivity index (χ0) is 15.3. The molecule has 2 heterocycles. The van der Waals surface area contributed by atoms with E-state index in [2.05, 4.69) is 15.6 Å². The van der Waals surface area contributed by atoms with Crippen molar-refractivity contribution in [1.29, 1.82) is 0 Å². The van der Waals surface area contributed by atoms with Gasteiger partial charge in [-0.15, -0.1) is 0 Å². The predicted molar refractivity (Wildman–Crippen MR) is 83.1 cm³/mol. The summed E-state index contributed by atoms with van der Waals surface area (Å²) in [6.07, 6.45) is 3.37. The molecule has 0 aromatic carbocycles. The molecule has 2 aromatic heterocycles. The van der Waals surface area contributed by atoms with Crippen LogP contribution in [0.5, 0.6) is 0 Å². The number of hydrogen-bond acceptors (Lipinski definition) is 4. The summed E-state index contributed by atoms with van der Waals surface area (Å²) in [4.78, 5) is 15.8. The van der Waals surface area contributed by atoms with Crippen LogP contribution in [0.1, 0.15) is 31.0 Å². The van der Waals surface area contributed by atoms with Gasteiger partial charge in [-0.1, -0.05) is 0 Å². The van der Waals surface area contributed by atoms with Crippen LogP contribution in [-0.2, 0) is 5.60 Å². The minimum atomic E-state index is -1.07. The number of hydrogen-bond donors (Lipinski definition) is 3. The number of carbonyl (C=O) groups is 1. The molecule has 2 unspecified atom stereocenters. The Kier molecular flexibility index (Phi) is 4.93. The van der Waals surface area contributed by atoms with Gasteiger partial charge in [-0.05, 0) is 53.9 Å². The van der Waals surface area contributed by atoms with Gasteiger partial charge in [0.2, 0.25) is 0 Å². The first-order valence-electron chi connectivity index (χ1n) is 6.68. The molecule has 112 valence electrons. The topological polar surface area (TPSA) is 74.2 Å². The number of pyridine rings is 1. The van der Waals surface area contributed by atoms with Gasteiger partial charge in [0, 0.05) is 12.4 Å². The summed E-state index contributed by atoms with van der Waals surface area (Å²) in [5.74, 6) is 0. The van der Waals surface area contributed by atoms with E-state index in [0.29, 0.717) is 0 Å². The smallest absolute Gasteiger partial charge is 0.315 e. The third-order valence-electron chi connectivity index (χ3n) is 3.29. The Balaban J connectivity index is 1.85. The van der Waals surface area contributed by atoms with Crippen molar-refractivity contribution in [3.8, 4) is 0 Å². The number of amides is 2. The molecule has 3 N–H and O–H groups in total. The van der Waals surface area contributed by atoms with Crippen molar-refractivity contribution < 1.29 is 9.90 Å². The van der Waals surface area contributed by atoms with Crippen LogP contribution >= 0.6 is 11.3 Å². The van der Waals surface area contributed by atoms with Crippen LogP contribution < -0.4 is 10.6 Å². The molecule has 0 saturated heterocycles. The van der Waals surface area contributed by atoms with Crippen molar-refractivity contribution in [3.63, 3.8) is 0 Å². The first-order chi connectivity index (χ1) is 9.99. The minimum absolute atomic E-state index is 0.126. The van der Waals surface area contributed by atoms with Gasteiger partial charge in [0.05, 0.1) is 12.6 Å². The Morgan fingerprint density at radius 2 is 2.14 bits per heavy atom. The van der Waals surface area contributed by atoms with E-state index in [1.165, 1.54) is 11.3 Å². The summed E-state index contributed by atoms with van der Waals surface area (Å²) in [6.45, 7) is 3.73. The molecule has 5 nitrogen and oxygen atoms in total. The van der Waals surface area contributed by atoms with E-state index in [9.17, 15) is 9.90 Å². The highest BCUT2D eigenvalue weighted by Crippen LogP contribution is 2.22. The van der Waals surface area contributed by atoms with Crippen LogP contribution in [0.3, 0.4) is 0 Å². The number of rotatable bonds is 5. The minimum Gasteiger partial charge on any atom is -0.384 e. The van der Waals surface area contributed by atoms with E-state index < -0.39 is 5.60 Å². The van der Waals surface area contributed by atoms with Crippen molar-refractivity contribution >= 4 is 17.4 Å². The largest absolute Gasteiger partial charge is 0.384 e. The lowest BCUT2D eigenvalue weighted by Gasteiger charge is -2.23. The Hall–Kier alpha value is -1.92. The number of nitrogens with zero attached hydrogens (tertiary/aromatic N) is 1. The second-order valence-electron chi connectivity index (χ2n) is 5.12. The Bertz CT molecular complexity index is 570. The summed E-state index contributed by atoms with van der Waals surface area (Å²) in [5.41, 5.74) is 0.705. The molecular weight excluding hydrogens is 286 g/mol. The van der Waals surface area contributed by atoms with E-state index >= 15 is 0 Å². The normalized spacial score (nSPS) is 15.0. The van der Waals surface area contributed by atoms with Crippen molar-refractivity contribution in [1.82, 2.24) is 15.6 Å². The third kappa shape index (κ3) is 4.27. The Morgan fingerprint density at radius 1 is 1.43 bits per heavy atom. The van der Waals surface area contributed by atoms with E-state index in [0.717, 1.165) is 11.1 Å². The van der Waals surface area contributed by atoms with Gasteiger partial charge in [-0.25, -0.2) is 4.79 Å². The average molecular weight is 305 g/mol. The van der Waals surface area contributed by atoms with Crippen molar-refractivity contribution in [3.05, 3.63) is 52.5 Å². The molecule has 0 spiro atoms. The van der Waals surface area contributed by atoms with Crippen molar-refractivity contribution in [2.24, 2.45) is 0 Å². The van der Waals surface area contributed by atoms with E-state index in [1.54, 1.807) is 19.3 Å². The highest BCUT2D eigenvalue weighted by molar-refractivity contribution is 7.08. The lowest BCUT2D eigenvalue weighted by Crippen LogP contribution is -2.44. The maximum absolute atomic E-state index is 11.9. The van der Waals surface area contributed by atoms with Gasteiger partial charge in [-0.3, -0.25) is 4.98 Å². The lowest BCUT2D eigenvalue weighted by molar-refractivity contribution is 0.0597. The van der Waals surface area contributed by atoms with E-state index in [-0.39, 0.29) is 18.6 Å². The number of aromatic nitrogens is 1. The van der Waals surface area contributed by atoms with Crippen LogP contribution in [0, 0.1) is 0 Å². The van der Waals surface area contributed by atoms with Gasteiger partial charge in [-0.2, -0.15) is 11.3 Å². The monoisotopic (exact) mass is 305 g/mol. The molecule has 0 radical (unpaired) electrons. The predicted octanol–water partition coefficient (Wildman–Crippen LogP) is 2.41. The molecule has 2 rings (SSSR count). The first-order valence-corrected chi connectivity index (χ1v) is 7.62. The summed E-state index contributed by atoms with van der Waals surface area (Å²) in [5, 5.41) is 19.6. The zero-order valence-electron chi connectivity index (χ0n) is 12.0. The molecule has 0 aliphatic carbocycles. The fraction of sp³-hybridized carbons (Fsp3) is 0.333. The molecule has 0 bridgehead atoms. The molecule has 6 heteroatoms. The van der Waals surface area contributed by atoms with Gasteiger partial charge in [0.25, 0.3) is 0 Å². The second-order valence-corrected chi connectivity index (χ2v) is 5.90. The van der Waals surface area contributed by atoms with Crippen LogP contribution in [0.4, 0.5) is 4.79 Å². The van der Waals surface area contributed by atoms with Crippen LogP contribution in [0.2, 0.25) is 0 Å². The first kappa shape index (κ1) is 15.5. The number of carbonyl (C=O) groups excluding carboxylic acids is 1. The van der Waals surface area contributed by atoms with Gasteiger partial charge < -0.3 is 15.7 Å². The lowest BCUT2D eigenvalue weighted by atomic mass is 9.99. The maximum Gasteiger partial charge on any atom is 0.315 e. The van der Waals surface area contributed by atoms with Crippen LogP contribution in [0.15, 0.2) is 41.4 Å². The van der Waals surface area contributed by atoms with Crippen LogP contribution in [0.25, 0.3) is 0 Å². The van der Waals surface area contributed by atoms with Crippen molar-refractivity contribution in [2.45, 2.75) is 25.5 Å². The summed E-state index contributed by atoms with van der Waals surface area (Å²) in [6, 6.07) is 5.12. The van der Waals surface area contributed by atoms with Crippen LogP contribution in [-0.4, -0.2) is 22.7 Å². The SMILES string of the molecule is CC(NC(=O)NCC(C)(O)c1ccsc1)c1ccncc1. The highest BCUT2D eigenvalue weighted by atomic mass is 32.1. The summed E-state index contributed by atoms with van der Waals surface area (Å²) >= 11 is 1.51. The summed E-state index contributed by atoms with van der Waals surface area (Å²) in [7, 11) is 0. The van der Waals surface area contributed by atoms with Gasteiger partial charge in [0.15, 0.2) is 0 Å². The number of thiophene rings is 1. The fourth-order valence-corrected chi connectivity index (χ4v) is 2.69. The number of urea groups is 1. The standard InChI is InChI=1S/C15H19N3O2S/c1-11(12-3-6-16-7-4-12)18-14(19)17-10-15(2,20)13-5-8-21-9-13/h3-9,11,20H,10H2,1-2H3,(H2,17,18,19). The molecular formula is C15H19N3O2S. The molecule has 21 heavy (non-hydrogen) atoms. The Labute approximate surface area is 128 Å². The van der Waals surface area contributed by atoms with Gasteiger partial charge >= 0.3 is 6.03 Å². The van der Waals surface area contributed by atoms with Crippen molar-refractivity contribution in [2.75, 3.05) is 6.54 Å². The molecule has 0 aliphatic rings. The van der Waals surface area contributed by atoms with Gasteiger partial charge in [0.1, 0.15) is 5.60 Å². The molecule has 2 atom stereocenters. The molecule has 2 amide bonds. The van der Waals surface area contributed by atoms with E-state index in [1.807, 2.05) is 35.9 Å².